The Morgan fingerprint density at radius 3 is 2.91 bits per heavy atom. The molecule has 0 aliphatic rings. The smallest absolute Gasteiger partial charge is 0.221 e. The zero-order valence-electron chi connectivity index (χ0n) is 5.95. The van der Waals surface area contributed by atoms with Crippen LogP contribution in [0.5, 0.6) is 0 Å². The number of aromatic nitrogens is 1. The maximum Gasteiger partial charge on any atom is 0.221 e. The molecule has 0 atom stereocenters. The van der Waals surface area contributed by atoms with Crippen LogP contribution >= 0.6 is 0 Å². The highest BCUT2D eigenvalue weighted by Gasteiger charge is 2.01. The fourth-order valence-electron chi connectivity index (χ4n) is 0.788. The zero-order chi connectivity index (χ0) is 8.27. The van der Waals surface area contributed by atoms with Crippen LogP contribution in [-0.2, 0) is 11.2 Å². The monoisotopic (exact) mass is 151 g/mol. The van der Waals surface area contributed by atoms with Gasteiger partial charge in [-0.15, -0.1) is 0 Å². The molecule has 0 spiro atoms. The molecular weight excluding hydrogens is 142 g/mol. The number of hydrogen-bond donors (Lipinski definition) is 2. The number of hydrogen-bond acceptors (Lipinski definition) is 3. The van der Waals surface area contributed by atoms with Crippen LogP contribution in [0.2, 0.25) is 0 Å². The Kier molecular flexibility index (Phi) is 2.06. The summed E-state index contributed by atoms with van der Waals surface area (Å²) in [6.07, 6.45) is 1.72. The standard InChI is InChI=1S/C7H9N3O/c8-6(11)4-5-2-1-3-10-7(5)9/h1-3H,4H2,(H2,8,11)(H2,9,10). The van der Waals surface area contributed by atoms with Gasteiger partial charge in [-0.05, 0) is 6.07 Å². The van der Waals surface area contributed by atoms with Gasteiger partial charge in [0.05, 0.1) is 6.42 Å². The summed E-state index contributed by atoms with van der Waals surface area (Å²) in [4.78, 5) is 14.3. The van der Waals surface area contributed by atoms with Crippen molar-refractivity contribution in [1.82, 2.24) is 4.98 Å². The fraction of sp³-hybridized carbons (Fsp3) is 0.143. The van der Waals surface area contributed by atoms with E-state index in [1.165, 1.54) is 0 Å². The molecule has 0 fully saturated rings. The van der Waals surface area contributed by atoms with E-state index in [4.69, 9.17) is 11.5 Å². The van der Waals surface area contributed by atoms with Crippen LogP contribution < -0.4 is 11.5 Å². The first-order valence-corrected chi connectivity index (χ1v) is 3.18. The van der Waals surface area contributed by atoms with E-state index in [0.29, 0.717) is 11.4 Å². The zero-order valence-corrected chi connectivity index (χ0v) is 5.95. The molecule has 0 saturated carbocycles. The number of carbonyl (C=O) groups excluding carboxylic acids is 1. The average molecular weight is 151 g/mol. The van der Waals surface area contributed by atoms with Gasteiger partial charge in [0.15, 0.2) is 0 Å². The molecule has 0 aromatic carbocycles. The first kappa shape index (κ1) is 7.53. The molecule has 4 heteroatoms. The summed E-state index contributed by atoms with van der Waals surface area (Å²) in [5, 5.41) is 0. The molecule has 0 saturated heterocycles. The maximum absolute atomic E-state index is 10.5. The third-order valence-corrected chi connectivity index (χ3v) is 1.29. The number of nitrogen functional groups attached to an aromatic ring is 1. The van der Waals surface area contributed by atoms with E-state index in [0.717, 1.165) is 0 Å². The molecule has 4 nitrogen and oxygen atoms in total. The number of primary amides is 1. The Hall–Kier alpha value is -1.58. The van der Waals surface area contributed by atoms with Gasteiger partial charge in [-0.25, -0.2) is 4.98 Å². The second-order valence-electron chi connectivity index (χ2n) is 2.19. The number of carbonyl (C=O) groups is 1. The maximum atomic E-state index is 10.5. The molecule has 1 rings (SSSR count). The predicted octanol–water partition coefficient (Wildman–Crippen LogP) is -0.308. The lowest BCUT2D eigenvalue weighted by atomic mass is 10.2. The van der Waals surface area contributed by atoms with Crippen LogP contribution in [0.4, 0.5) is 5.82 Å². The first-order valence-electron chi connectivity index (χ1n) is 3.18. The minimum Gasteiger partial charge on any atom is -0.383 e. The van der Waals surface area contributed by atoms with Crippen LogP contribution in [0.25, 0.3) is 0 Å². The van der Waals surface area contributed by atoms with Crippen molar-refractivity contribution >= 4 is 11.7 Å². The van der Waals surface area contributed by atoms with Gasteiger partial charge in [-0.2, -0.15) is 0 Å². The Morgan fingerprint density at radius 1 is 1.64 bits per heavy atom. The van der Waals surface area contributed by atoms with Gasteiger partial charge >= 0.3 is 0 Å². The van der Waals surface area contributed by atoms with E-state index >= 15 is 0 Å². The van der Waals surface area contributed by atoms with Gasteiger partial charge in [0.2, 0.25) is 5.91 Å². The molecule has 1 amide bonds. The highest BCUT2D eigenvalue weighted by molar-refractivity contribution is 5.77. The molecule has 4 N–H and O–H groups in total. The summed E-state index contributed by atoms with van der Waals surface area (Å²) in [5.41, 5.74) is 11.1. The summed E-state index contributed by atoms with van der Waals surface area (Å²) < 4.78 is 0. The van der Waals surface area contributed by atoms with Gasteiger partial charge in [-0.1, -0.05) is 6.07 Å². The van der Waals surface area contributed by atoms with E-state index in [9.17, 15) is 4.79 Å². The molecule has 58 valence electrons. The first-order chi connectivity index (χ1) is 5.20. The third-order valence-electron chi connectivity index (χ3n) is 1.29. The van der Waals surface area contributed by atoms with Crippen LogP contribution in [0.1, 0.15) is 5.56 Å². The Balaban J connectivity index is 2.86. The Labute approximate surface area is 64.2 Å². The summed E-state index contributed by atoms with van der Waals surface area (Å²) >= 11 is 0. The number of rotatable bonds is 2. The lowest BCUT2D eigenvalue weighted by Gasteiger charge is -1.99. The van der Waals surface area contributed by atoms with E-state index in [1.54, 1.807) is 18.3 Å². The van der Waals surface area contributed by atoms with Crippen molar-refractivity contribution < 1.29 is 4.79 Å². The molecule has 11 heavy (non-hydrogen) atoms. The largest absolute Gasteiger partial charge is 0.383 e. The van der Waals surface area contributed by atoms with Crippen molar-refractivity contribution in [2.75, 3.05) is 5.73 Å². The predicted molar refractivity (Wildman–Crippen MR) is 41.5 cm³/mol. The van der Waals surface area contributed by atoms with Crippen molar-refractivity contribution in [2.45, 2.75) is 6.42 Å². The molecule has 1 heterocycles. The Bertz CT molecular complexity index is 272. The molecule has 0 aliphatic carbocycles. The van der Waals surface area contributed by atoms with Crippen LogP contribution in [-0.4, -0.2) is 10.9 Å². The van der Waals surface area contributed by atoms with Crippen molar-refractivity contribution in [1.29, 1.82) is 0 Å². The van der Waals surface area contributed by atoms with Gasteiger partial charge in [0, 0.05) is 11.8 Å². The molecule has 0 radical (unpaired) electrons. The molecule has 0 aliphatic heterocycles. The molecule has 0 unspecified atom stereocenters. The third kappa shape index (κ3) is 1.93. The SMILES string of the molecule is NC(=O)Cc1cccnc1N. The molecule has 1 aromatic heterocycles. The molecular formula is C7H9N3O. The van der Waals surface area contributed by atoms with E-state index < -0.39 is 5.91 Å². The van der Waals surface area contributed by atoms with Crippen molar-refractivity contribution in [3.8, 4) is 0 Å². The van der Waals surface area contributed by atoms with Gasteiger partial charge in [0.25, 0.3) is 0 Å². The van der Waals surface area contributed by atoms with Crippen LogP contribution in [0, 0.1) is 0 Å². The second kappa shape index (κ2) is 3.01. The highest BCUT2D eigenvalue weighted by Crippen LogP contribution is 2.06. The quantitative estimate of drug-likeness (QED) is 0.608. The van der Waals surface area contributed by atoms with Crippen molar-refractivity contribution in [3.05, 3.63) is 23.9 Å². The average Bonchev–Trinajstić information content (AvgIpc) is 1.93. The van der Waals surface area contributed by atoms with Crippen molar-refractivity contribution in [3.63, 3.8) is 0 Å². The van der Waals surface area contributed by atoms with Gasteiger partial charge in [0.1, 0.15) is 5.82 Å². The number of pyridine rings is 1. The van der Waals surface area contributed by atoms with E-state index in [2.05, 4.69) is 4.98 Å². The van der Waals surface area contributed by atoms with E-state index in [1.807, 2.05) is 0 Å². The fourth-order valence-corrected chi connectivity index (χ4v) is 0.788. The summed E-state index contributed by atoms with van der Waals surface area (Å²) in [6, 6.07) is 3.45. The Morgan fingerprint density at radius 2 is 2.36 bits per heavy atom. The minimum atomic E-state index is -0.398. The second-order valence-corrected chi connectivity index (χ2v) is 2.19. The number of anilines is 1. The summed E-state index contributed by atoms with van der Waals surface area (Å²) in [7, 11) is 0. The summed E-state index contributed by atoms with van der Waals surface area (Å²) in [6.45, 7) is 0. The number of nitrogens with two attached hydrogens (primary N) is 2. The van der Waals surface area contributed by atoms with Crippen molar-refractivity contribution in [2.24, 2.45) is 5.73 Å². The van der Waals surface area contributed by atoms with E-state index in [-0.39, 0.29) is 6.42 Å². The molecule has 0 bridgehead atoms. The number of nitrogens with zero attached hydrogens (tertiary/aromatic N) is 1. The van der Waals surface area contributed by atoms with Crippen LogP contribution in [0.15, 0.2) is 18.3 Å². The number of amides is 1. The van der Waals surface area contributed by atoms with Gasteiger partial charge < -0.3 is 11.5 Å². The minimum absolute atomic E-state index is 0.152. The highest BCUT2D eigenvalue weighted by atomic mass is 16.1. The van der Waals surface area contributed by atoms with Gasteiger partial charge in [-0.3, -0.25) is 4.79 Å². The lowest BCUT2D eigenvalue weighted by molar-refractivity contribution is -0.117. The summed E-state index contributed by atoms with van der Waals surface area (Å²) in [5.74, 6) is -0.0315. The topological polar surface area (TPSA) is 82.0 Å². The molecule has 1 aromatic rings. The van der Waals surface area contributed by atoms with Crippen LogP contribution in [0.3, 0.4) is 0 Å². The normalized spacial score (nSPS) is 9.45. The lowest BCUT2D eigenvalue weighted by Crippen LogP contribution is -2.15.